The first-order chi connectivity index (χ1) is 15.7. The Morgan fingerprint density at radius 1 is 0.844 bits per heavy atom. The van der Waals surface area contributed by atoms with Gasteiger partial charge in [-0.15, -0.1) is 0 Å². The number of anilines is 2. The van der Waals surface area contributed by atoms with Crippen LogP contribution >= 0.6 is 0 Å². The van der Waals surface area contributed by atoms with Crippen molar-refractivity contribution in [2.75, 3.05) is 23.8 Å². The monoisotopic (exact) mass is 432 g/mol. The summed E-state index contributed by atoms with van der Waals surface area (Å²) in [7, 11) is 0. The zero-order chi connectivity index (χ0) is 22.4. The first-order valence-corrected chi connectivity index (χ1v) is 11.3. The van der Waals surface area contributed by atoms with Crippen LogP contribution in [-0.4, -0.2) is 19.1 Å². The van der Waals surface area contributed by atoms with Crippen LogP contribution in [0, 0.1) is 0 Å². The predicted molar refractivity (Wildman–Crippen MR) is 130 cm³/mol. The molecule has 0 spiro atoms. The van der Waals surface area contributed by atoms with Gasteiger partial charge < -0.3 is 20.1 Å². The molecule has 0 aromatic heterocycles. The summed E-state index contributed by atoms with van der Waals surface area (Å²) >= 11 is 0. The number of para-hydroxylation sites is 2. The Kier molecular flexibility index (Phi) is 9.46. The average Bonchev–Trinajstić information content (AvgIpc) is 2.83. The second-order valence-corrected chi connectivity index (χ2v) is 7.61. The number of ether oxygens (including phenoxy) is 2. The molecule has 0 aliphatic rings. The Morgan fingerprint density at radius 3 is 2.50 bits per heavy atom. The van der Waals surface area contributed by atoms with E-state index in [4.69, 9.17) is 9.47 Å². The van der Waals surface area contributed by atoms with Gasteiger partial charge in [-0.05, 0) is 36.2 Å². The number of nitrogens with one attached hydrogen (secondary N) is 2. The molecule has 0 fully saturated rings. The Bertz CT molecular complexity index is 960. The van der Waals surface area contributed by atoms with Crippen LogP contribution in [0.3, 0.4) is 0 Å². The zero-order valence-electron chi connectivity index (χ0n) is 18.7. The third kappa shape index (κ3) is 7.99. The highest BCUT2D eigenvalue weighted by Gasteiger charge is 2.07. The Labute approximate surface area is 190 Å². The lowest BCUT2D eigenvalue weighted by Crippen LogP contribution is -2.22. The molecular weight excluding hydrogens is 400 g/mol. The van der Waals surface area contributed by atoms with E-state index >= 15 is 0 Å². The molecule has 0 atom stereocenters. The van der Waals surface area contributed by atoms with Crippen LogP contribution in [0.4, 0.5) is 11.4 Å². The van der Waals surface area contributed by atoms with E-state index in [2.05, 4.69) is 17.6 Å². The number of carbonyl (C=O) groups excluding carboxylic acids is 1. The minimum Gasteiger partial charge on any atom is -0.494 e. The molecule has 3 rings (SSSR count). The summed E-state index contributed by atoms with van der Waals surface area (Å²) in [5.74, 6) is 1.34. The molecule has 0 aliphatic heterocycles. The predicted octanol–water partition coefficient (Wildman–Crippen LogP) is 6.28. The van der Waals surface area contributed by atoms with Gasteiger partial charge in [0.2, 0.25) is 5.91 Å². The van der Waals surface area contributed by atoms with Gasteiger partial charge >= 0.3 is 0 Å². The van der Waals surface area contributed by atoms with Crippen LogP contribution < -0.4 is 20.1 Å². The third-order valence-electron chi connectivity index (χ3n) is 4.95. The standard InChI is InChI=1S/C27H32N2O3/c1-2-3-4-10-18-31-24-15-11-14-23(19-24)29-27(30)20-28-25-16-8-9-17-26(25)32-21-22-12-6-5-7-13-22/h5-9,11-17,19,28H,2-4,10,18,20-21H2,1H3,(H,29,30). The second-order valence-electron chi connectivity index (χ2n) is 7.61. The third-order valence-corrected chi connectivity index (χ3v) is 4.95. The van der Waals surface area contributed by atoms with Crippen LogP contribution in [-0.2, 0) is 11.4 Å². The summed E-state index contributed by atoms with van der Waals surface area (Å²) in [6.45, 7) is 3.49. The maximum Gasteiger partial charge on any atom is 0.243 e. The number of hydrogen-bond donors (Lipinski definition) is 2. The molecule has 3 aromatic rings. The first-order valence-electron chi connectivity index (χ1n) is 11.3. The van der Waals surface area contributed by atoms with Crippen molar-refractivity contribution < 1.29 is 14.3 Å². The van der Waals surface area contributed by atoms with Gasteiger partial charge in [0.15, 0.2) is 0 Å². The van der Waals surface area contributed by atoms with E-state index < -0.39 is 0 Å². The maximum absolute atomic E-state index is 12.5. The minimum absolute atomic E-state index is 0.133. The van der Waals surface area contributed by atoms with Crippen molar-refractivity contribution in [2.45, 2.75) is 39.2 Å². The van der Waals surface area contributed by atoms with E-state index in [9.17, 15) is 4.79 Å². The Hall–Kier alpha value is -3.47. The van der Waals surface area contributed by atoms with Crippen molar-refractivity contribution in [3.63, 3.8) is 0 Å². The molecule has 5 heteroatoms. The van der Waals surface area contributed by atoms with Crippen molar-refractivity contribution in [3.8, 4) is 11.5 Å². The van der Waals surface area contributed by atoms with E-state index in [1.54, 1.807) is 0 Å². The molecule has 0 heterocycles. The highest BCUT2D eigenvalue weighted by molar-refractivity contribution is 5.94. The summed E-state index contributed by atoms with van der Waals surface area (Å²) in [5, 5.41) is 6.09. The zero-order valence-corrected chi connectivity index (χ0v) is 18.7. The molecule has 0 unspecified atom stereocenters. The van der Waals surface area contributed by atoms with Gasteiger partial charge in [-0.3, -0.25) is 4.79 Å². The molecule has 0 aliphatic carbocycles. The number of amides is 1. The largest absolute Gasteiger partial charge is 0.494 e. The lowest BCUT2D eigenvalue weighted by atomic mass is 10.2. The highest BCUT2D eigenvalue weighted by atomic mass is 16.5. The van der Waals surface area contributed by atoms with Crippen molar-refractivity contribution in [2.24, 2.45) is 0 Å². The molecule has 0 bridgehead atoms. The maximum atomic E-state index is 12.5. The molecule has 0 radical (unpaired) electrons. The fourth-order valence-corrected chi connectivity index (χ4v) is 3.24. The summed E-state index contributed by atoms with van der Waals surface area (Å²) in [6, 6.07) is 25.1. The van der Waals surface area contributed by atoms with E-state index in [0.29, 0.717) is 19.0 Å². The van der Waals surface area contributed by atoms with E-state index in [-0.39, 0.29) is 12.5 Å². The van der Waals surface area contributed by atoms with Gasteiger partial charge in [0, 0.05) is 11.8 Å². The highest BCUT2D eigenvalue weighted by Crippen LogP contribution is 2.25. The smallest absolute Gasteiger partial charge is 0.243 e. The number of rotatable bonds is 13. The average molecular weight is 433 g/mol. The Balaban J connectivity index is 1.47. The van der Waals surface area contributed by atoms with Crippen molar-refractivity contribution in [3.05, 3.63) is 84.4 Å². The number of hydrogen-bond acceptors (Lipinski definition) is 4. The lowest BCUT2D eigenvalue weighted by Gasteiger charge is -2.14. The minimum atomic E-state index is -0.136. The fourth-order valence-electron chi connectivity index (χ4n) is 3.24. The van der Waals surface area contributed by atoms with Gasteiger partial charge in [0.05, 0.1) is 18.8 Å². The van der Waals surface area contributed by atoms with Crippen molar-refractivity contribution in [1.82, 2.24) is 0 Å². The van der Waals surface area contributed by atoms with Gasteiger partial charge in [-0.1, -0.05) is 74.7 Å². The Morgan fingerprint density at radius 2 is 1.66 bits per heavy atom. The fraction of sp³-hybridized carbons (Fsp3) is 0.296. The summed E-state index contributed by atoms with van der Waals surface area (Å²) in [4.78, 5) is 12.5. The van der Waals surface area contributed by atoms with E-state index in [1.807, 2.05) is 78.9 Å². The van der Waals surface area contributed by atoms with E-state index in [1.165, 1.54) is 19.3 Å². The van der Waals surface area contributed by atoms with Gasteiger partial charge in [0.1, 0.15) is 18.1 Å². The molecule has 3 aromatic carbocycles. The van der Waals surface area contributed by atoms with Gasteiger partial charge in [0.25, 0.3) is 0 Å². The second kappa shape index (κ2) is 13.1. The van der Waals surface area contributed by atoms with Crippen molar-refractivity contribution in [1.29, 1.82) is 0 Å². The molecule has 168 valence electrons. The van der Waals surface area contributed by atoms with Crippen LogP contribution in [0.1, 0.15) is 38.2 Å². The number of carbonyl (C=O) groups is 1. The summed E-state index contributed by atoms with van der Waals surface area (Å²) in [5.41, 5.74) is 2.59. The molecule has 5 nitrogen and oxygen atoms in total. The van der Waals surface area contributed by atoms with Crippen molar-refractivity contribution >= 4 is 17.3 Å². The van der Waals surface area contributed by atoms with Crippen LogP contribution in [0.5, 0.6) is 11.5 Å². The van der Waals surface area contributed by atoms with Gasteiger partial charge in [-0.25, -0.2) is 0 Å². The normalized spacial score (nSPS) is 10.4. The molecule has 1 amide bonds. The van der Waals surface area contributed by atoms with Crippen LogP contribution in [0.25, 0.3) is 0 Å². The molecule has 0 saturated carbocycles. The molecule has 32 heavy (non-hydrogen) atoms. The van der Waals surface area contributed by atoms with Crippen LogP contribution in [0.2, 0.25) is 0 Å². The lowest BCUT2D eigenvalue weighted by molar-refractivity contribution is -0.114. The first kappa shape index (κ1) is 23.2. The quantitative estimate of drug-likeness (QED) is 0.312. The molecule has 0 saturated heterocycles. The summed E-state index contributed by atoms with van der Waals surface area (Å²) in [6.07, 6.45) is 4.65. The number of unbranched alkanes of at least 4 members (excludes halogenated alkanes) is 3. The topological polar surface area (TPSA) is 59.6 Å². The molecule has 2 N–H and O–H groups in total. The van der Waals surface area contributed by atoms with E-state index in [0.717, 1.165) is 29.1 Å². The van der Waals surface area contributed by atoms with Gasteiger partial charge in [-0.2, -0.15) is 0 Å². The SMILES string of the molecule is CCCCCCOc1cccc(NC(=O)CNc2ccccc2OCc2ccccc2)c1. The van der Waals surface area contributed by atoms with Crippen LogP contribution in [0.15, 0.2) is 78.9 Å². The molecular formula is C27H32N2O3. The number of benzene rings is 3. The summed E-state index contributed by atoms with van der Waals surface area (Å²) < 4.78 is 11.7.